The van der Waals surface area contributed by atoms with E-state index in [4.69, 9.17) is 4.74 Å². The van der Waals surface area contributed by atoms with Crippen molar-refractivity contribution in [1.29, 1.82) is 0 Å². The molecule has 1 heterocycles. The predicted molar refractivity (Wildman–Crippen MR) is 64.5 cm³/mol. The van der Waals surface area contributed by atoms with Gasteiger partial charge in [0.2, 0.25) is 0 Å². The minimum Gasteiger partial charge on any atom is -0.388 e. The highest BCUT2D eigenvalue weighted by Gasteiger charge is 2.24. The highest BCUT2D eigenvalue weighted by atomic mass is 32.2. The molecule has 0 radical (unpaired) electrons. The molecule has 1 aliphatic rings. The molecule has 0 fully saturated rings. The molecule has 4 heteroatoms. The van der Waals surface area contributed by atoms with Crippen LogP contribution in [0.15, 0.2) is 17.0 Å². The SMILES string of the molecule is COC(=[OH+])c1cc2c(cc1C)[C@H](O)CCS2. The molecule has 0 saturated carbocycles. The molecule has 1 atom stereocenters. The van der Waals surface area contributed by atoms with Crippen LogP contribution in [-0.2, 0) is 4.74 Å². The van der Waals surface area contributed by atoms with Crippen molar-refractivity contribution in [3.8, 4) is 0 Å². The summed E-state index contributed by atoms with van der Waals surface area (Å²) >= 11 is 1.70. The molecule has 1 aliphatic heterocycles. The van der Waals surface area contributed by atoms with E-state index in [1.165, 1.54) is 7.11 Å². The third-order valence-electron chi connectivity index (χ3n) is 2.79. The molecule has 0 amide bonds. The summed E-state index contributed by atoms with van der Waals surface area (Å²) in [4.78, 5) is 10.6. The molecule has 16 heavy (non-hydrogen) atoms. The molecule has 3 nitrogen and oxygen atoms in total. The van der Waals surface area contributed by atoms with Crippen LogP contribution in [-0.4, -0.2) is 28.7 Å². The fraction of sp³-hybridized carbons (Fsp3) is 0.417. The van der Waals surface area contributed by atoms with Crippen molar-refractivity contribution in [3.05, 3.63) is 28.8 Å². The lowest BCUT2D eigenvalue weighted by molar-refractivity contribution is 0.170. The second-order valence-electron chi connectivity index (χ2n) is 3.87. The molecule has 0 bridgehead atoms. The minimum atomic E-state index is -0.381. The van der Waals surface area contributed by atoms with E-state index in [2.05, 4.69) is 0 Å². The summed E-state index contributed by atoms with van der Waals surface area (Å²) in [5.74, 6) is 0.839. The highest BCUT2D eigenvalue weighted by Crippen LogP contribution is 2.37. The van der Waals surface area contributed by atoms with Crippen LogP contribution in [0.1, 0.15) is 29.2 Å². The first-order valence-electron chi connectivity index (χ1n) is 5.19. The molecule has 1 aromatic rings. The summed E-state index contributed by atoms with van der Waals surface area (Å²) in [6, 6.07) is 3.81. The van der Waals surface area contributed by atoms with Crippen LogP contribution in [0.5, 0.6) is 0 Å². The van der Waals surface area contributed by atoms with Gasteiger partial charge >= 0.3 is 5.97 Å². The van der Waals surface area contributed by atoms with Crippen LogP contribution in [0.2, 0.25) is 0 Å². The average Bonchev–Trinajstić information content (AvgIpc) is 2.29. The first-order chi connectivity index (χ1) is 7.63. The summed E-state index contributed by atoms with van der Waals surface area (Å²) in [5.41, 5.74) is 2.57. The first kappa shape index (κ1) is 11.5. The van der Waals surface area contributed by atoms with Gasteiger partial charge in [0.15, 0.2) is 7.11 Å². The summed E-state index contributed by atoms with van der Waals surface area (Å²) in [5, 5.41) is 9.86. The summed E-state index contributed by atoms with van der Waals surface area (Å²) < 4.78 is 4.84. The molecule has 86 valence electrons. The van der Waals surface area contributed by atoms with E-state index in [9.17, 15) is 9.90 Å². The fourth-order valence-electron chi connectivity index (χ4n) is 1.87. The standard InChI is InChI=1S/C12H14O3S/c1-7-5-9-10(13)3-4-16-11(9)6-8(7)12(14)15-2/h5-6,10,13H,3-4H2,1-2H3/p+1/t10-/m1/s1. The second kappa shape index (κ2) is 4.47. The first-order valence-corrected chi connectivity index (χ1v) is 6.17. The van der Waals surface area contributed by atoms with Gasteiger partial charge in [-0.1, -0.05) is 6.07 Å². The minimum absolute atomic E-state index is 0.0686. The van der Waals surface area contributed by atoms with Crippen LogP contribution in [0.3, 0.4) is 0 Å². The molecule has 2 N–H and O–H groups in total. The largest absolute Gasteiger partial charge is 0.517 e. The van der Waals surface area contributed by atoms with Gasteiger partial charge in [0.1, 0.15) is 5.56 Å². The van der Waals surface area contributed by atoms with Gasteiger partial charge in [-0.25, -0.2) is 0 Å². The number of aliphatic hydroxyl groups is 1. The van der Waals surface area contributed by atoms with E-state index >= 15 is 0 Å². The number of hydrogen-bond donors (Lipinski definition) is 1. The van der Waals surface area contributed by atoms with E-state index in [0.29, 0.717) is 5.56 Å². The Balaban J connectivity index is 2.48. The zero-order chi connectivity index (χ0) is 11.7. The van der Waals surface area contributed by atoms with E-state index in [1.54, 1.807) is 11.8 Å². The second-order valence-corrected chi connectivity index (χ2v) is 5.00. The molecular weight excluding hydrogens is 224 g/mol. The number of ether oxygens (including phenoxy) is 1. The van der Waals surface area contributed by atoms with E-state index in [-0.39, 0.29) is 12.1 Å². The number of rotatable bonds is 1. The molecular formula is C12H15O3S+. The average molecular weight is 239 g/mol. The van der Waals surface area contributed by atoms with Crippen molar-refractivity contribution in [2.45, 2.75) is 24.3 Å². The van der Waals surface area contributed by atoms with Crippen molar-refractivity contribution < 1.29 is 14.6 Å². The number of hydrogen-bond acceptors (Lipinski definition) is 3. The fourth-order valence-corrected chi connectivity index (χ4v) is 3.00. The van der Waals surface area contributed by atoms with Gasteiger partial charge in [0.25, 0.3) is 0 Å². The zero-order valence-corrected chi connectivity index (χ0v) is 10.2. The number of aliphatic hydroxyl groups excluding tert-OH is 1. The Morgan fingerprint density at radius 3 is 3.00 bits per heavy atom. The highest BCUT2D eigenvalue weighted by molar-refractivity contribution is 7.99. The normalized spacial score (nSPS) is 19.1. The molecule has 0 spiro atoms. The number of fused-ring (bicyclic) bond motifs is 1. The van der Waals surface area contributed by atoms with Crippen molar-refractivity contribution in [1.82, 2.24) is 0 Å². The number of benzene rings is 1. The smallest absolute Gasteiger partial charge is 0.388 e. The van der Waals surface area contributed by atoms with Gasteiger partial charge in [-0.3, -0.25) is 0 Å². The Bertz CT molecular complexity index is 429. The van der Waals surface area contributed by atoms with Gasteiger partial charge in [-0.05, 0) is 30.5 Å². The summed E-state index contributed by atoms with van der Waals surface area (Å²) in [7, 11) is 1.44. The summed E-state index contributed by atoms with van der Waals surface area (Å²) in [6.07, 6.45) is 0.407. The monoisotopic (exact) mass is 239 g/mol. The molecule has 0 aliphatic carbocycles. The van der Waals surface area contributed by atoms with Crippen molar-refractivity contribution in [2.75, 3.05) is 12.9 Å². The van der Waals surface area contributed by atoms with Gasteiger partial charge in [0.05, 0.1) is 6.10 Å². The zero-order valence-electron chi connectivity index (χ0n) is 9.36. The number of thioether (sulfide) groups is 1. The van der Waals surface area contributed by atoms with E-state index in [0.717, 1.165) is 28.2 Å². The van der Waals surface area contributed by atoms with Crippen molar-refractivity contribution >= 4 is 17.7 Å². The predicted octanol–water partition coefficient (Wildman–Crippen LogP) is 2.02. The van der Waals surface area contributed by atoms with Crippen LogP contribution in [0, 0.1) is 6.92 Å². The third kappa shape index (κ3) is 1.95. The molecule has 0 aromatic heterocycles. The lowest BCUT2D eigenvalue weighted by Gasteiger charge is -2.21. The quantitative estimate of drug-likeness (QED) is 0.602. The maximum absolute atomic E-state index is 9.86. The maximum atomic E-state index is 9.86. The maximum Gasteiger partial charge on any atom is 0.517 e. The van der Waals surface area contributed by atoms with Gasteiger partial charge < -0.3 is 14.6 Å². The van der Waals surface area contributed by atoms with Crippen molar-refractivity contribution in [3.63, 3.8) is 0 Å². The van der Waals surface area contributed by atoms with Crippen molar-refractivity contribution in [2.24, 2.45) is 0 Å². The molecule has 2 rings (SSSR count). The topological polar surface area (TPSA) is 50.9 Å². The van der Waals surface area contributed by atoms with Crippen LogP contribution in [0.25, 0.3) is 0 Å². The van der Waals surface area contributed by atoms with E-state index in [1.807, 2.05) is 19.1 Å². The number of carbonyl (C=O) groups excluding carboxylic acids is 1. The Morgan fingerprint density at radius 2 is 2.31 bits per heavy atom. The van der Waals surface area contributed by atoms with Gasteiger partial charge in [0, 0.05) is 10.6 Å². The molecule has 0 unspecified atom stereocenters. The number of esters is 1. The van der Waals surface area contributed by atoms with Gasteiger partial charge in [-0.15, -0.1) is 11.8 Å². The van der Waals surface area contributed by atoms with Crippen LogP contribution in [0.4, 0.5) is 0 Å². The Morgan fingerprint density at radius 1 is 1.56 bits per heavy atom. The number of methoxy groups -OCH3 is 1. The third-order valence-corrected chi connectivity index (χ3v) is 3.89. The molecule has 1 aromatic carbocycles. The molecule has 0 saturated heterocycles. The Hall–Kier alpha value is -1.00. The lowest BCUT2D eigenvalue weighted by Crippen LogP contribution is -2.11. The number of aryl methyl sites for hydroxylation is 1. The van der Waals surface area contributed by atoms with E-state index < -0.39 is 0 Å². The Kier molecular flexibility index (Phi) is 3.21. The Labute approximate surface area is 98.8 Å². The lowest BCUT2D eigenvalue weighted by atomic mass is 10.00. The van der Waals surface area contributed by atoms with Crippen LogP contribution >= 0.6 is 11.8 Å². The summed E-state index contributed by atoms with van der Waals surface area (Å²) in [6.45, 7) is 1.90. The van der Waals surface area contributed by atoms with Crippen LogP contribution < -0.4 is 0 Å². The van der Waals surface area contributed by atoms with Gasteiger partial charge in [-0.2, -0.15) is 0 Å².